The lowest BCUT2D eigenvalue weighted by atomic mass is 10.2. The normalized spacial score (nSPS) is 18.4. The van der Waals surface area contributed by atoms with Gasteiger partial charge in [0.2, 0.25) is 0 Å². The van der Waals surface area contributed by atoms with Crippen LogP contribution in [0, 0.1) is 6.92 Å². The molecule has 1 aromatic rings. The third-order valence-electron chi connectivity index (χ3n) is 4.07. The van der Waals surface area contributed by atoms with Gasteiger partial charge in [0, 0.05) is 38.0 Å². The summed E-state index contributed by atoms with van der Waals surface area (Å²) < 4.78 is 13.0. The summed E-state index contributed by atoms with van der Waals surface area (Å²) in [5.74, 6) is 0. The Morgan fingerprint density at radius 3 is 2.88 bits per heavy atom. The Morgan fingerprint density at radius 1 is 1.48 bits per heavy atom. The molecule has 2 heterocycles. The van der Waals surface area contributed by atoms with E-state index in [1.54, 1.807) is 0 Å². The van der Waals surface area contributed by atoms with Crippen LogP contribution in [-0.4, -0.2) is 53.1 Å². The summed E-state index contributed by atoms with van der Waals surface area (Å²) in [6, 6.07) is 0. The molecule has 1 fully saturated rings. The van der Waals surface area contributed by atoms with Crippen LogP contribution in [0.3, 0.4) is 0 Å². The summed E-state index contributed by atoms with van der Waals surface area (Å²) in [7, 11) is 2.03. The molecule has 1 aliphatic heterocycles. The lowest BCUT2D eigenvalue weighted by Crippen LogP contribution is -2.36. The van der Waals surface area contributed by atoms with E-state index in [9.17, 15) is 4.79 Å². The summed E-state index contributed by atoms with van der Waals surface area (Å²) in [6.07, 6.45) is 5.13. The molecule has 0 bridgehead atoms. The average molecular weight is 352 g/mol. The highest BCUT2D eigenvalue weighted by molar-refractivity contribution is 5.67. The van der Waals surface area contributed by atoms with E-state index in [1.807, 2.05) is 39.4 Å². The highest BCUT2D eigenvalue weighted by Crippen LogP contribution is 2.23. The molecule has 142 valence electrons. The van der Waals surface area contributed by atoms with E-state index in [0.717, 1.165) is 38.2 Å². The van der Waals surface area contributed by atoms with Gasteiger partial charge in [0.05, 0.1) is 5.69 Å². The van der Waals surface area contributed by atoms with E-state index in [4.69, 9.17) is 9.47 Å². The SMILES string of the molecule is Cc1nn(C2CCCCO2)cc1CN(C)CCNC(=O)OC(C)(C)C. The number of alkyl carbamates (subject to hydrolysis) is 1. The van der Waals surface area contributed by atoms with Crippen molar-refractivity contribution < 1.29 is 14.3 Å². The first-order valence-corrected chi connectivity index (χ1v) is 9.06. The molecule has 0 saturated carbocycles. The van der Waals surface area contributed by atoms with Gasteiger partial charge >= 0.3 is 6.09 Å². The first kappa shape index (κ1) is 19.7. The number of likely N-dealkylation sites (N-methyl/N-ethyl adjacent to an activating group) is 1. The summed E-state index contributed by atoms with van der Waals surface area (Å²) in [6.45, 7) is 10.5. The molecule has 7 nitrogen and oxygen atoms in total. The Labute approximate surface area is 150 Å². The predicted molar refractivity (Wildman–Crippen MR) is 96.4 cm³/mol. The molecule has 1 unspecified atom stereocenters. The van der Waals surface area contributed by atoms with Crippen molar-refractivity contribution in [3.05, 3.63) is 17.5 Å². The molecule has 1 N–H and O–H groups in total. The zero-order valence-corrected chi connectivity index (χ0v) is 16.2. The fraction of sp³-hybridized carbons (Fsp3) is 0.778. The van der Waals surface area contributed by atoms with Crippen molar-refractivity contribution in [2.75, 3.05) is 26.7 Å². The van der Waals surface area contributed by atoms with Crippen molar-refractivity contribution in [2.24, 2.45) is 0 Å². The lowest BCUT2D eigenvalue weighted by molar-refractivity contribution is -0.0396. The number of nitrogens with one attached hydrogen (secondary N) is 1. The molecule has 7 heteroatoms. The number of ether oxygens (including phenoxy) is 2. The molecule has 1 atom stereocenters. The Morgan fingerprint density at radius 2 is 2.24 bits per heavy atom. The van der Waals surface area contributed by atoms with Gasteiger partial charge in [0.15, 0.2) is 0 Å². The number of nitrogens with zero attached hydrogens (tertiary/aromatic N) is 3. The second-order valence-electron chi connectivity index (χ2n) is 7.71. The van der Waals surface area contributed by atoms with Crippen LogP contribution in [0.1, 0.15) is 57.5 Å². The van der Waals surface area contributed by atoms with E-state index in [-0.39, 0.29) is 12.3 Å². The van der Waals surface area contributed by atoms with Gasteiger partial charge < -0.3 is 19.7 Å². The number of carbonyl (C=O) groups is 1. The molecule has 0 spiro atoms. The van der Waals surface area contributed by atoms with Crippen LogP contribution in [0.4, 0.5) is 4.79 Å². The summed E-state index contributed by atoms with van der Waals surface area (Å²) >= 11 is 0. The fourth-order valence-electron chi connectivity index (χ4n) is 2.79. The number of hydrogen-bond donors (Lipinski definition) is 1. The van der Waals surface area contributed by atoms with Crippen LogP contribution < -0.4 is 5.32 Å². The third kappa shape index (κ3) is 6.66. The first-order chi connectivity index (χ1) is 11.7. The molecular formula is C18H32N4O3. The Bertz CT molecular complexity index is 559. The molecule has 1 saturated heterocycles. The predicted octanol–water partition coefficient (Wildman–Crippen LogP) is 2.85. The second-order valence-corrected chi connectivity index (χ2v) is 7.71. The molecular weight excluding hydrogens is 320 g/mol. The van der Waals surface area contributed by atoms with Crippen molar-refractivity contribution in [3.63, 3.8) is 0 Å². The zero-order chi connectivity index (χ0) is 18.4. The minimum atomic E-state index is -0.469. The maximum Gasteiger partial charge on any atom is 0.407 e. The van der Waals surface area contributed by atoms with Crippen LogP contribution in [0.25, 0.3) is 0 Å². The number of aryl methyl sites for hydroxylation is 1. The maximum absolute atomic E-state index is 11.7. The molecule has 2 rings (SSSR count). The average Bonchev–Trinajstić information content (AvgIpc) is 2.87. The van der Waals surface area contributed by atoms with Crippen LogP contribution in [0.5, 0.6) is 0 Å². The van der Waals surface area contributed by atoms with E-state index >= 15 is 0 Å². The largest absolute Gasteiger partial charge is 0.444 e. The molecule has 25 heavy (non-hydrogen) atoms. The molecule has 0 radical (unpaired) electrons. The van der Waals surface area contributed by atoms with Crippen LogP contribution >= 0.6 is 0 Å². The minimum absolute atomic E-state index is 0.0698. The van der Waals surface area contributed by atoms with E-state index in [2.05, 4.69) is 21.5 Å². The molecule has 0 aromatic carbocycles. The second kappa shape index (κ2) is 8.67. The van der Waals surface area contributed by atoms with Crippen LogP contribution in [-0.2, 0) is 16.0 Å². The summed E-state index contributed by atoms with van der Waals surface area (Å²) in [4.78, 5) is 13.8. The Hall–Kier alpha value is -1.60. The number of aromatic nitrogens is 2. The van der Waals surface area contributed by atoms with Crippen molar-refractivity contribution >= 4 is 6.09 Å². The zero-order valence-electron chi connectivity index (χ0n) is 16.2. The van der Waals surface area contributed by atoms with E-state index in [1.165, 1.54) is 12.0 Å². The quantitative estimate of drug-likeness (QED) is 0.852. The molecule has 0 aliphatic carbocycles. The Kier molecular flexibility index (Phi) is 6.84. The van der Waals surface area contributed by atoms with Crippen LogP contribution in [0.2, 0.25) is 0 Å². The van der Waals surface area contributed by atoms with Gasteiger partial charge in [-0.3, -0.25) is 0 Å². The van der Waals surface area contributed by atoms with Gasteiger partial charge in [-0.05, 0) is 54.0 Å². The molecule has 1 amide bonds. The smallest absolute Gasteiger partial charge is 0.407 e. The van der Waals surface area contributed by atoms with E-state index < -0.39 is 5.60 Å². The molecule has 1 aromatic heterocycles. The topological polar surface area (TPSA) is 68.6 Å². The number of carbonyl (C=O) groups excluding carboxylic acids is 1. The minimum Gasteiger partial charge on any atom is -0.444 e. The molecule has 1 aliphatic rings. The summed E-state index contributed by atoms with van der Waals surface area (Å²) in [5, 5.41) is 7.40. The van der Waals surface area contributed by atoms with Gasteiger partial charge in [0.25, 0.3) is 0 Å². The lowest BCUT2D eigenvalue weighted by Gasteiger charge is -2.22. The van der Waals surface area contributed by atoms with Crippen LogP contribution in [0.15, 0.2) is 6.20 Å². The summed E-state index contributed by atoms with van der Waals surface area (Å²) in [5.41, 5.74) is 1.75. The monoisotopic (exact) mass is 352 g/mol. The van der Waals surface area contributed by atoms with Crippen molar-refractivity contribution in [1.29, 1.82) is 0 Å². The van der Waals surface area contributed by atoms with Crippen molar-refractivity contribution in [3.8, 4) is 0 Å². The highest BCUT2D eigenvalue weighted by atomic mass is 16.6. The first-order valence-electron chi connectivity index (χ1n) is 9.06. The fourth-order valence-corrected chi connectivity index (χ4v) is 2.79. The van der Waals surface area contributed by atoms with Gasteiger partial charge in [0.1, 0.15) is 11.8 Å². The van der Waals surface area contributed by atoms with Gasteiger partial charge in [-0.25, -0.2) is 9.48 Å². The number of amides is 1. The van der Waals surface area contributed by atoms with Crippen molar-refractivity contribution in [1.82, 2.24) is 20.0 Å². The number of hydrogen-bond acceptors (Lipinski definition) is 5. The van der Waals surface area contributed by atoms with E-state index in [0.29, 0.717) is 6.54 Å². The van der Waals surface area contributed by atoms with Gasteiger partial charge in [-0.1, -0.05) is 0 Å². The third-order valence-corrected chi connectivity index (χ3v) is 4.07. The van der Waals surface area contributed by atoms with Crippen molar-refractivity contribution in [2.45, 2.75) is 65.3 Å². The number of rotatable bonds is 6. The van der Waals surface area contributed by atoms with Gasteiger partial charge in [-0.15, -0.1) is 0 Å². The maximum atomic E-state index is 11.7. The highest BCUT2D eigenvalue weighted by Gasteiger charge is 2.19. The standard InChI is InChI=1S/C18H32N4O3/c1-14-15(13-22(20-14)16-8-6-7-11-24-16)12-21(5)10-9-19-17(23)25-18(2,3)4/h13,16H,6-12H2,1-5H3,(H,19,23). The Balaban J connectivity index is 1.77. The van der Waals surface area contributed by atoms with Gasteiger partial charge in [-0.2, -0.15) is 5.10 Å².